The molecule has 2 aromatic carbocycles. The minimum Gasteiger partial charge on any atom is -0.494 e. The minimum absolute atomic E-state index is 0.0159. The Balaban J connectivity index is 1.53. The Kier molecular flexibility index (Phi) is 8.20. The molecule has 0 radical (unpaired) electrons. The van der Waals surface area contributed by atoms with Crippen molar-refractivity contribution in [3.8, 4) is 5.75 Å². The van der Waals surface area contributed by atoms with Gasteiger partial charge in [-0.1, -0.05) is 12.8 Å². The van der Waals surface area contributed by atoms with E-state index in [0.717, 1.165) is 39.8 Å². The topological polar surface area (TPSA) is 154 Å². The number of carbonyl (C=O) groups is 2. The van der Waals surface area contributed by atoms with Gasteiger partial charge in [-0.15, -0.1) is 5.11 Å². The normalized spacial score (nSPS) is 13.7. The van der Waals surface area contributed by atoms with E-state index in [1.54, 1.807) is 36.4 Å². The highest BCUT2D eigenvalue weighted by molar-refractivity contribution is 5.98. The molecular formula is C29H30N6O6. The van der Waals surface area contributed by atoms with E-state index in [1.807, 2.05) is 6.92 Å². The zero-order valence-corrected chi connectivity index (χ0v) is 22.6. The molecule has 41 heavy (non-hydrogen) atoms. The number of amides is 2. The van der Waals surface area contributed by atoms with Crippen LogP contribution < -0.4 is 26.8 Å². The first-order valence-electron chi connectivity index (χ1n) is 13.4. The monoisotopic (exact) mass is 558 g/mol. The average Bonchev–Trinajstić information content (AvgIpc) is 3.71. The summed E-state index contributed by atoms with van der Waals surface area (Å²) in [5.41, 5.74) is -0.731. The van der Waals surface area contributed by atoms with Crippen LogP contribution in [-0.4, -0.2) is 33.6 Å². The van der Waals surface area contributed by atoms with E-state index in [4.69, 9.17) is 15.0 Å². The highest BCUT2D eigenvalue weighted by Crippen LogP contribution is 2.22. The third-order valence-electron chi connectivity index (χ3n) is 6.99. The van der Waals surface area contributed by atoms with Gasteiger partial charge in [-0.3, -0.25) is 23.5 Å². The lowest BCUT2D eigenvalue weighted by atomic mass is 10.1. The number of hydrogen-bond acceptors (Lipinski definition) is 8. The molecule has 1 aliphatic carbocycles. The van der Waals surface area contributed by atoms with E-state index in [-0.39, 0.29) is 29.1 Å². The SMILES string of the molecule is CCOc1ccc(N(N)C(=O)Cn2c(=O)n(Cc3ccco3)c(=O)c3ccc(C(=O)N=NC4CCCC4)cc32)cc1. The van der Waals surface area contributed by atoms with E-state index in [0.29, 0.717) is 23.8 Å². The first-order chi connectivity index (χ1) is 19.9. The smallest absolute Gasteiger partial charge is 0.332 e. The van der Waals surface area contributed by atoms with Crippen LogP contribution in [0.4, 0.5) is 5.69 Å². The number of aromatic nitrogens is 2. The summed E-state index contributed by atoms with van der Waals surface area (Å²) >= 11 is 0. The van der Waals surface area contributed by atoms with Crippen molar-refractivity contribution in [3.63, 3.8) is 0 Å². The fraction of sp³-hybridized carbons (Fsp3) is 0.310. The summed E-state index contributed by atoms with van der Waals surface area (Å²) in [5.74, 6) is 5.90. The van der Waals surface area contributed by atoms with Crippen LogP contribution in [0.15, 0.2) is 85.1 Å². The number of furan rings is 1. The molecule has 4 aromatic rings. The molecule has 2 heterocycles. The Labute approximate surface area is 234 Å². The molecule has 2 amide bonds. The van der Waals surface area contributed by atoms with Crippen LogP contribution in [0.3, 0.4) is 0 Å². The van der Waals surface area contributed by atoms with Crippen molar-refractivity contribution in [2.24, 2.45) is 16.1 Å². The molecule has 0 bridgehead atoms. The Morgan fingerprint density at radius 3 is 2.51 bits per heavy atom. The number of nitrogens with zero attached hydrogens (tertiary/aromatic N) is 5. The van der Waals surface area contributed by atoms with Gasteiger partial charge in [0.05, 0.1) is 42.0 Å². The van der Waals surface area contributed by atoms with Crippen LogP contribution in [0.5, 0.6) is 5.75 Å². The summed E-state index contributed by atoms with van der Waals surface area (Å²) in [7, 11) is 0. The lowest BCUT2D eigenvalue weighted by molar-refractivity contribution is -0.119. The third-order valence-corrected chi connectivity index (χ3v) is 6.99. The Bertz CT molecular complexity index is 1700. The Morgan fingerprint density at radius 1 is 1.07 bits per heavy atom. The van der Waals surface area contributed by atoms with Crippen molar-refractivity contribution < 1.29 is 18.7 Å². The standard InChI is InChI=1S/C29H30N6O6/c1-2-40-22-12-10-21(11-13-22)35(30)26(36)18-33-25-16-19(27(37)32-31-20-6-3-4-7-20)9-14-24(25)28(38)34(29(33)39)17-23-8-5-15-41-23/h5,8-16,20H,2-4,6-7,17-18,30H2,1H3. The summed E-state index contributed by atoms with van der Waals surface area (Å²) in [6.45, 7) is 1.70. The van der Waals surface area contributed by atoms with Crippen LogP contribution in [0, 0.1) is 0 Å². The molecule has 0 saturated heterocycles. The maximum Gasteiger partial charge on any atom is 0.332 e. The predicted molar refractivity (Wildman–Crippen MR) is 151 cm³/mol. The maximum absolute atomic E-state index is 13.7. The second-order valence-electron chi connectivity index (χ2n) is 9.72. The largest absolute Gasteiger partial charge is 0.494 e. The van der Waals surface area contributed by atoms with Crippen LogP contribution in [0.2, 0.25) is 0 Å². The first kappa shape index (κ1) is 27.7. The van der Waals surface area contributed by atoms with Gasteiger partial charge in [0.1, 0.15) is 18.1 Å². The number of fused-ring (bicyclic) bond motifs is 1. The lowest BCUT2D eigenvalue weighted by Gasteiger charge is -2.19. The van der Waals surface area contributed by atoms with Crippen LogP contribution in [0.1, 0.15) is 48.7 Å². The predicted octanol–water partition coefficient (Wildman–Crippen LogP) is 3.65. The molecule has 2 aromatic heterocycles. The van der Waals surface area contributed by atoms with Gasteiger partial charge in [0.25, 0.3) is 17.4 Å². The first-order valence-corrected chi connectivity index (χ1v) is 13.4. The molecule has 1 saturated carbocycles. The van der Waals surface area contributed by atoms with E-state index in [2.05, 4.69) is 10.2 Å². The fourth-order valence-electron chi connectivity index (χ4n) is 4.84. The molecule has 0 aliphatic heterocycles. The highest BCUT2D eigenvalue weighted by Gasteiger charge is 2.21. The number of anilines is 1. The van der Waals surface area contributed by atoms with Crippen molar-refractivity contribution in [3.05, 3.63) is 93.0 Å². The number of rotatable bonds is 9. The lowest BCUT2D eigenvalue weighted by Crippen LogP contribution is -2.45. The van der Waals surface area contributed by atoms with E-state index in [1.165, 1.54) is 24.5 Å². The zero-order chi connectivity index (χ0) is 28.9. The summed E-state index contributed by atoms with van der Waals surface area (Å²) in [4.78, 5) is 53.2. The van der Waals surface area contributed by atoms with Gasteiger partial charge in [-0.2, -0.15) is 5.11 Å². The fourth-order valence-corrected chi connectivity index (χ4v) is 4.84. The van der Waals surface area contributed by atoms with Gasteiger partial charge < -0.3 is 9.15 Å². The molecule has 0 unspecified atom stereocenters. The number of hydrazine groups is 1. The minimum atomic E-state index is -0.760. The Hall–Kier alpha value is -4.84. The number of benzene rings is 2. The van der Waals surface area contributed by atoms with E-state index >= 15 is 0 Å². The van der Waals surface area contributed by atoms with Gasteiger partial charge in [0, 0.05) is 5.56 Å². The second kappa shape index (κ2) is 12.1. The van der Waals surface area contributed by atoms with Crippen molar-refractivity contribution >= 4 is 28.4 Å². The van der Waals surface area contributed by atoms with Gasteiger partial charge >= 0.3 is 5.69 Å². The van der Waals surface area contributed by atoms with Crippen LogP contribution in [-0.2, 0) is 17.9 Å². The third kappa shape index (κ3) is 6.02. The number of ether oxygens (including phenoxy) is 1. The average molecular weight is 559 g/mol. The molecule has 1 aliphatic rings. The summed E-state index contributed by atoms with van der Waals surface area (Å²) in [6, 6.07) is 14.2. The quantitative estimate of drug-likeness (QED) is 0.142. The Morgan fingerprint density at radius 2 is 1.83 bits per heavy atom. The number of hydrogen-bond donors (Lipinski definition) is 1. The number of carbonyl (C=O) groups excluding carboxylic acids is 2. The number of azo groups is 1. The summed E-state index contributed by atoms with van der Waals surface area (Å²) in [6.07, 6.45) is 5.30. The maximum atomic E-state index is 13.7. The molecular weight excluding hydrogens is 528 g/mol. The van der Waals surface area contributed by atoms with Gasteiger partial charge in [0.2, 0.25) is 0 Å². The van der Waals surface area contributed by atoms with Crippen molar-refractivity contribution in [2.45, 2.75) is 51.7 Å². The molecule has 5 rings (SSSR count). The zero-order valence-electron chi connectivity index (χ0n) is 22.6. The summed E-state index contributed by atoms with van der Waals surface area (Å²) < 4.78 is 12.9. The summed E-state index contributed by atoms with van der Waals surface area (Å²) in [5, 5.41) is 9.09. The van der Waals surface area contributed by atoms with Gasteiger partial charge in [-0.25, -0.2) is 15.6 Å². The number of nitrogens with two attached hydrogens (primary N) is 1. The molecule has 1 fully saturated rings. The van der Waals surface area contributed by atoms with E-state index in [9.17, 15) is 19.2 Å². The van der Waals surface area contributed by atoms with Gasteiger partial charge in [-0.05, 0) is 74.4 Å². The van der Waals surface area contributed by atoms with Crippen molar-refractivity contribution in [1.29, 1.82) is 0 Å². The molecule has 212 valence electrons. The van der Waals surface area contributed by atoms with Gasteiger partial charge in [0.15, 0.2) is 0 Å². The molecule has 0 spiro atoms. The molecule has 12 nitrogen and oxygen atoms in total. The second-order valence-corrected chi connectivity index (χ2v) is 9.72. The van der Waals surface area contributed by atoms with E-state index < -0.39 is 29.6 Å². The van der Waals surface area contributed by atoms with Crippen molar-refractivity contribution in [1.82, 2.24) is 9.13 Å². The molecule has 0 atom stereocenters. The van der Waals surface area contributed by atoms with Crippen LogP contribution >= 0.6 is 0 Å². The van der Waals surface area contributed by atoms with Crippen molar-refractivity contribution in [2.75, 3.05) is 11.6 Å². The molecule has 2 N–H and O–H groups in total. The van der Waals surface area contributed by atoms with Crippen LogP contribution in [0.25, 0.3) is 10.9 Å². The molecule has 12 heteroatoms. The highest BCUT2D eigenvalue weighted by atomic mass is 16.5.